The summed E-state index contributed by atoms with van der Waals surface area (Å²) in [6.45, 7) is 3.02. The standard InChI is InChI=1S/C21H31N3O6S2/c1-30-19-4-6-20(7-5-19)32(28,29)24-9-2-3-17(15-24)21(25)23-12-10-22(11-13-23)18-8-14-31(26,27)16-18/h4-7,17-18H,2-3,8-16H2,1H3/t17-,18-/m0/s1. The molecule has 1 aromatic carbocycles. The second-order valence-electron chi connectivity index (χ2n) is 8.80. The third kappa shape index (κ3) is 4.95. The Kier molecular flexibility index (Phi) is 6.81. The lowest BCUT2D eigenvalue weighted by Gasteiger charge is -2.40. The molecule has 1 aromatic rings. The van der Waals surface area contributed by atoms with Crippen molar-refractivity contribution in [2.24, 2.45) is 5.92 Å². The van der Waals surface area contributed by atoms with E-state index in [4.69, 9.17) is 4.74 Å². The van der Waals surface area contributed by atoms with Crippen LogP contribution in [0.25, 0.3) is 0 Å². The van der Waals surface area contributed by atoms with Gasteiger partial charge >= 0.3 is 0 Å². The van der Waals surface area contributed by atoms with Crippen LogP contribution >= 0.6 is 0 Å². The van der Waals surface area contributed by atoms with Gasteiger partial charge in [-0.3, -0.25) is 9.69 Å². The van der Waals surface area contributed by atoms with E-state index >= 15 is 0 Å². The molecule has 0 aromatic heterocycles. The Hall–Kier alpha value is -1.69. The smallest absolute Gasteiger partial charge is 0.243 e. The molecule has 3 aliphatic heterocycles. The van der Waals surface area contributed by atoms with Gasteiger partial charge in [-0.25, -0.2) is 16.8 Å². The van der Waals surface area contributed by atoms with Crippen molar-refractivity contribution in [2.75, 3.05) is 57.9 Å². The van der Waals surface area contributed by atoms with Crippen LogP contribution in [-0.2, 0) is 24.7 Å². The first-order valence-electron chi connectivity index (χ1n) is 11.1. The van der Waals surface area contributed by atoms with E-state index in [2.05, 4.69) is 4.90 Å². The van der Waals surface area contributed by atoms with Crippen LogP contribution in [0.15, 0.2) is 29.2 Å². The van der Waals surface area contributed by atoms with E-state index in [0.29, 0.717) is 57.7 Å². The van der Waals surface area contributed by atoms with Crippen LogP contribution in [0.2, 0.25) is 0 Å². The van der Waals surface area contributed by atoms with Crippen molar-refractivity contribution < 1.29 is 26.4 Å². The van der Waals surface area contributed by atoms with Crippen molar-refractivity contribution in [1.29, 1.82) is 0 Å². The minimum absolute atomic E-state index is 0.00155. The summed E-state index contributed by atoms with van der Waals surface area (Å²) in [7, 11) is -5.08. The lowest BCUT2D eigenvalue weighted by molar-refractivity contribution is -0.138. The first-order valence-corrected chi connectivity index (χ1v) is 14.3. The lowest BCUT2D eigenvalue weighted by atomic mass is 9.97. The first-order chi connectivity index (χ1) is 15.2. The van der Waals surface area contributed by atoms with E-state index in [1.165, 1.54) is 23.5 Å². The highest BCUT2D eigenvalue weighted by Gasteiger charge is 2.38. The van der Waals surface area contributed by atoms with Crippen LogP contribution in [-0.4, -0.2) is 101 Å². The molecule has 0 spiro atoms. The monoisotopic (exact) mass is 485 g/mol. The molecule has 1 amide bonds. The molecule has 9 nitrogen and oxygen atoms in total. The van der Waals surface area contributed by atoms with Crippen molar-refractivity contribution in [1.82, 2.24) is 14.1 Å². The van der Waals surface area contributed by atoms with Gasteiger partial charge in [-0.05, 0) is 43.5 Å². The lowest BCUT2D eigenvalue weighted by Crippen LogP contribution is -2.55. The molecule has 0 unspecified atom stereocenters. The summed E-state index contributed by atoms with van der Waals surface area (Å²) in [5.41, 5.74) is 0. The van der Waals surface area contributed by atoms with Crippen molar-refractivity contribution in [3.8, 4) is 5.75 Å². The van der Waals surface area contributed by atoms with Crippen molar-refractivity contribution in [3.63, 3.8) is 0 Å². The molecule has 3 fully saturated rings. The number of ether oxygens (including phenoxy) is 1. The second kappa shape index (κ2) is 9.28. The highest BCUT2D eigenvalue weighted by molar-refractivity contribution is 7.91. The number of carbonyl (C=O) groups excluding carboxylic acids is 1. The number of benzene rings is 1. The normalized spacial score (nSPS) is 27.3. The molecule has 32 heavy (non-hydrogen) atoms. The molecular weight excluding hydrogens is 454 g/mol. The number of hydrogen-bond donors (Lipinski definition) is 0. The van der Waals surface area contributed by atoms with Crippen LogP contribution in [0, 0.1) is 5.92 Å². The van der Waals surface area contributed by atoms with Gasteiger partial charge < -0.3 is 9.64 Å². The predicted molar refractivity (Wildman–Crippen MR) is 120 cm³/mol. The molecule has 0 N–H and O–H groups in total. The molecule has 3 saturated heterocycles. The summed E-state index contributed by atoms with van der Waals surface area (Å²) in [6, 6.07) is 6.35. The predicted octanol–water partition coefficient (Wildman–Crippen LogP) is 0.427. The van der Waals surface area contributed by atoms with Crippen molar-refractivity contribution >= 4 is 25.8 Å². The number of carbonyl (C=O) groups is 1. The molecule has 178 valence electrons. The average molecular weight is 486 g/mol. The Morgan fingerprint density at radius 3 is 2.31 bits per heavy atom. The van der Waals surface area contributed by atoms with E-state index < -0.39 is 19.9 Å². The number of rotatable bonds is 5. The van der Waals surface area contributed by atoms with E-state index in [-0.39, 0.29) is 40.8 Å². The molecule has 0 aliphatic carbocycles. The minimum atomic E-state index is -3.67. The molecule has 3 aliphatic rings. The maximum Gasteiger partial charge on any atom is 0.243 e. The van der Waals surface area contributed by atoms with Gasteiger partial charge in [0.15, 0.2) is 9.84 Å². The van der Waals surface area contributed by atoms with E-state index in [1.54, 1.807) is 12.1 Å². The van der Waals surface area contributed by atoms with Gasteiger partial charge in [0.05, 0.1) is 29.4 Å². The van der Waals surface area contributed by atoms with Gasteiger partial charge in [-0.1, -0.05) is 0 Å². The minimum Gasteiger partial charge on any atom is -0.497 e. The zero-order valence-corrected chi connectivity index (χ0v) is 20.0. The maximum atomic E-state index is 13.2. The fourth-order valence-corrected chi connectivity index (χ4v) is 8.17. The molecule has 0 radical (unpaired) electrons. The van der Waals surface area contributed by atoms with Crippen LogP contribution < -0.4 is 4.74 Å². The Labute approximate surface area is 190 Å². The summed E-state index contributed by atoms with van der Waals surface area (Å²) in [4.78, 5) is 17.3. The van der Waals surface area contributed by atoms with Crippen molar-refractivity contribution in [2.45, 2.75) is 30.2 Å². The number of hydrogen-bond acceptors (Lipinski definition) is 7. The Morgan fingerprint density at radius 1 is 1.03 bits per heavy atom. The zero-order valence-electron chi connectivity index (χ0n) is 18.3. The SMILES string of the molecule is COc1ccc(S(=O)(=O)N2CCC[C@H](C(=O)N3CCN([C@H]4CCS(=O)(=O)C4)CC3)C2)cc1. The Bertz CT molecular complexity index is 1030. The molecular formula is C21H31N3O6S2. The maximum absolute atomic E-state index is 13.2. The first kappa shape index (κ1) is 23.5. The molecule has 11 heteroatoms. The Balaban J connectivity index is 1.35. The number of piperidine rings is 1. The van der Waals surface area contributed by atoms with E-state index in [9.17, 15) is 21.6 Å². The molecule has 0 bridgehead atoms. The third-order valence-electron chi connectivity index (χ3n) is 6.78. The van der Waals surface area contributed by atoms with Gasteiger partial charge in [0.2, 0.25) is 15.9 Å². The van der Waals surface area contributed by atoms with Crippen LogP contribution in [0.1, 0.15) is 19.3 Å². The summed E-state index contributed by atoms with van der Waals surface area (Å²) in [5.74, 6) is 0.692. The van der Waals surface area contributed by atoms with Gasteiger partial charge in [0.1, 0.15) is 5.75 Å². The fraction of sp³-hybridized carbons (Fsp3) is 0.667. The van der Waals surface area contributed by atoms with Gasteiger partial charge in [-0.15, -0.1) is 0 Å². The second-order valence-corrected chi connectivity index (χ2v) is 13.0. The van der Waals surface area contributed by atoms with Gasteiger partial charge in [0, 0.05) is 45.3 Å². The average Bonchev–Trinajstić information content (AvgIpc) is 3.18. The van der Waals surface area contributed by atoms with Crippen LogP contribution in [0.4, 0.5) is 0 Å². The molecule has 2 atom stereocenters. The molecule has 4 rings (SSSR count). The number of amides is 1. The van der Waals surface area contributed by atoms with Gasteiger partial charge in [-0.2, -0.15) is 4.31 Å². The third-order valence-corrected chi connectivity index (χ3v) is 10.4. The number of sulfonamides is 1. The highest BCUT2D eigenvalue weighted by Crippen LogP contribution is 2.27. The topological polar surface area (TPSA) is 104 Å². The number of piperazine rings is 1. The molecule has 0 saturated carbocycles. The molecule has 3 heterocycles. The number of methoxy groups -OCH3 is 1. The zero-order chi connectivity index (χ0) is 22.9. The number of nitrogens with zero attached hydrogens (tertiary/aromatic N) is 3. The fourth-order valence-electron chi connectivity index (χ4n) is 4.89. The van der Waals surface area contributed by atoms with Crippen LogP contribution in [0.3, 0.4) is 0 Å². The Morgan fingerprint density at radius 2 is 1.72 bits per heavy atom. The van der Waals surface area contributed by atoms with Crippen LogP contribution in [0.5, 0.6) is 5.75 Å². The highest BCUT2D eigenvalue weighted by atomic mass is 32.2. The summed E-state index contributed by atoms with van der Waals surface area (Å²) in [5, 5.41) is 0. The van der Waals surface area contributed by atoms with Crippen molar-refractivity contribution in [3.05, 3.63) is 24.3 Å². The quantitative estimate of drug-likeness (QED) is 0.596. The summed E-state index contributed by atoms with van der Waals surface area (Å²) in [6.07, 6.45) is 1.98. The number of sulfone groups is 1. The van der Waals surface area contributed by atoms with E-state index in [1.807, 2.05) is 4.90 Å². The van der Waals surface area contributed by atoms with E-state index in [0.717, 1.165) is 0 Å². The summed E-state index contributed by atoms with van der Waals surface area (Å²) >= 11 is 0. The van der Waals surface area contributed by atoms with Gasteiger partial charge in [0.25, 0.3) is 0 Å². The largest absolute Gasteiger partial charge is 0.497 e. The summed E-state index contributed by atoms with van der Waals surface area (Å²) < 4.78 is 56.2.